The molecule has 2 aliphatic heterocycles. The maximum Gasteiger partial charge on any atom is 0.253 e. The fraction of sp³-hybridized carbons (Fsp3) is 0.562. The van der Waals surface area contributed by atoms with Gasteiger partial charge >= 0.3 is 0 Å². The predicted octanol–water partition coefficient (Wildman–Crippen LogP) is 1.19. The number of methoxy groups -OCH3 is 1. The molecule has 7 heteroatoms. The van der Waals surface area contributed by atoms with Crippen LogP contribution >= 0.6 is 0 Å². The summed E-state index contributed by atoms with van der Waals surface area (Å²) in [6.07, 6.45) is 1.23. The van der Waals surface area contributed by atoms with Crippen molar-refractivity contribution < 1.29 is 17.9 Å². The highest BCUT2D eigenvalue weighted by Gasteiger charge is 2.45. The van der Waals surface area contributed by atoms with Gasteiger partial charge in [-0.05, 0) is 37.0 Å². The van der Waals surface area contributed by atoms with Gasteiger partial charge in [-0.3, -0.25) is 4.79 Å². The van der Waals surface area contributed by atoms with E-state index in [9.17, 15) is 13.2 Å². The largest absolute Gasteiger partial charge is 0.497 e. The molecule has 0 saturated carbocycles. The van der Waals surface area contributed by atoms with E-state index in [1.807, 2.05) is 0 Å². The van der Waals surface area contributed by atoms with Gasteiger partial charge < -0.3 is 9.64 Å². The lowest BCUT2D eigenvalue weighted by Gasteiger charge is -2.21. The molecule has 0 N–H and O–H groups in total. The first-order chi connectivity index (χ1) is 10.9. The summed E-state index contributed by atoms with van der Waals surface area (Å²) in [5, 5.41) is -0.351. The zero-order valence-corrected chi connectivity index (χ0v) is 14.3. The molecular weight excluding hydrogens is 316 g/mol. The quantitative estimate of drug-likeness (QED) is 0.812. The Labute approximate surface area is 137 Å². The van der Waals surface area contributed by atoms with Crippen LogP contribution in [0.1, 0.15) is 23.2 Å². The molecule has 0 aliphatic carbocycles. The standard InChI is InChI=1S/C16H22N2O4S/c1-17-11-13-6-8-18(9-7-15(13)23(17,20)21)16(19)12-4-3-5-14(10-12)22-2/h3-5,10,13,15H,6-9,11H2,1-2H3/t13-,15-/m0/s1. The smallest absolute Gasteiger partial charge is 0.253 e. The Kier molecular flexibility index (Phi) is 4.33. The van der Waals surface area contributed by atoms with Gasteiger partial charge in [-0.2, -0.15) is 0 Å². The number of nitrogens with zero attached hydrogens (tertiary/aromatic N) is 2. The molecule has 6 nitrogen and oxygen atoms in total. The summed E-state index contributed by atoms with van der Waals surface area (Å²) in [5.74, 6) is 0.703. The minimum absolute atomic E-state index is 0.0605. The van der Waals surface area contributed by atoms with Crippen molar-refractivity contribution in [2.45, 2.75) is 18.1 Å². The normalized spacial score (nSPS) is 27.3. The molecule has 3 rings (SSSR count). The van der Waals surface area contributed by atoms with E-state index < -0.39 is 10.0 Å². The van der Waals surface area contributed by atoms with Crippen molar-refractivity contribution in [1.82, 2.24) is 9.21 Å². The fourth-order valence-corrected chi connectivity index (χ4v) is 5.52. The van der Waals surface area contributed by atoms with E-state index in [4.69, 9.17) is 4.74 Å². The predicted molar refractivity (Wildman–Crippen MR) is 87.0 cm³/mol. The van der Waals surface area contributed by atoms with Crippen LogP contribution < -0.4 is 4.74 Å². The van der Waals surface area contributed by atoms with E-state index in [1.165, 1.54) is 4.31 Å². The van der Waals surface area contributed by atoms with Gasteiger partial charge in [0, 0.05) is 32.2 Å². The summed E-state index contributed by atoms with van der Waals surface area (Å²) < 4.78 is 31.3. The molecule has 0 spiro atoms. The van der Waals surface area contributed by atoms with E-state index in [0.29, 0.717) is 37.4 Å². The Bertz CT molecular complexity index is 704. The van der Waals surface area contributed by atoms with Crippen molar-refractivity contribution in [3.63, 3.8) is 0 Å². The van der Waals surface area contributed by atoms with Crippen LogP contribution in [0.2, 0.25) is 0 Å². The van der Waals surface area contributed by atoms with Gasteiger partial charge in [-0.15, -0.1) is 0 Å². The van der Waals surface area contributed by atoms with Gasteiger partial charge in [0.2, 0.25) is 10.0 Å². The number of carbonyl (C=O) groups is 1. The van der Waals surface area contributed by atoms with Crippen molar-refractivity contribution in [2.24, 2.45) is 5.92 Å². The first kappa shape index (κ1) is 16.3. The van der Waals surface area contributed by atoms with Gasteiger partial charge in [-0.1, -0.05) is 6.07 Å². The Morgan fingerprint density at radius 2 is 2.00 bits per heavy atom. The number of hydrogen-bond acceptors (Lipinski definition) is 4. The Morgan fingerprint density at radius 3 is 2.74 bits per heavy atom. The highest BCUT2D eigenvalue weighted by Crippen LogP contribution is 2.33. The molecule has 0 aromatic heterocycles. The second kappa shape index (κ2) is 6.13. The Balaban J connectivity index is 1.75. The summed E-state index contributed by atoms with van der Waals surface area (Å²) in [4.78, 5) is 14.4. The minimum Gasteiger partial charge on any atom is -0.497 e. The third-order valence-corrected chi connectivity index (χ3v) is 7.30. The molecule has 126 valence electrons. The number of rotatable bonds is 2. The summed E-state index contributed by atoms with van der Waals surface area (Å²) in [6, 6.07) is 7.07. The molecule has 2 atom stereocenters. The van der Waals surface area contributed by atoms with Crippen LogP contribution in [0.15, 0.2) is 24.3 Å². The van der Waals surface area contributed by atoms with E-state index >= 15 is 0 Å². The number of amides is 1. The topological polar surface area (TPSA) is 66.9 Å². The van der Waals surface area contributed by atoms with Crippen LogP contribution in [-0.4, -0.2) is 62.6 Å². The third kappa shape index (κ3) is 2.95. The van der Waals surface area contributed by atoms with Crippen LogP contribution in [0.3, 0.4) is 0 Å². The van der Waals surface area contributed by atoms with Crippen molar-refractivity contribution in [1.29, 1.82) is 0 Å². The van der Waals surface area contributed by atoms with E-state index in [2.05, 4.69) is 0 Å². The van der Waals surface area contributed by atoms with E-state index in [-0.39, 0.29) is 17.1 Å². The van der Waals surface area contributed by atoms with Gasteiger partial charge in [0.05, 0.1) is 12.4 Å². The highest BCUT2D eigenvalue weighted by molar-refractivity contribution is 7.90. The molecule has 0 bridgehead atoms. The number of fused-ring (bicyclic) bond motifs is 1. The van der Waals surface area contributed by atoms with Gasteiger partial charge in [-0.25, -0.2) is 12.7 Å². The van der Waals surface area contributed by atoms with Crippen LogP contribution in [0, 0.1) is 5.92 Å². The van der Waals surface area contributed by atoms with E-state index in [1.54, 1.807) is 43.3 Å². The molecule has 23 heavy (non-hydrogen) atoms. The minimum atomic E-state index is -3.20. The summed E-state index contributed by atoms with van der Waals surface area (Å²) in [6.45, 7) is 1.64. The van der Waals surface area contributed by atoms with Crippen molar-refractivity contribution in [3.05, 3.63) is 29.8 Å². The second-order valence-electron chi connectivity index (χ2n) is 6.23. The average Bonchev–Trinajstić information content (AvgIpc) is 2.71. The number of benzene rings is 1. The summed E-state index contributed by atoms with van der Waals surface area (Å²) in [7, 11) is 0.0112. The van der Waals surface area contributed by atoms with Gasteiger partial charge in [0.15, 0.2) is 0 Å². The third-order valence-electron chi connectivity index (χ3n) is 4.89. The molecule has 1 aromatic carbocycles. The van der Waals surface area contributed by atoms with Crippen LogP contribution in [0.5, 0.6) is 5.75 Å². The van der Waals surface area contributed by atoms with Crippen molar-refractivity contribution in [3.8, 4) is 5.75 Å². The zero-order valence-electron chi connectivity index (χ0n) is 13.4. The maximum atomic E-state index is 12.7. The second-order valence-corrected chi connectivity index (χ2v) is 8.48. The molecule has 2 heterocycles. The monoisotopic (exact) mass is 338 g/mol. The first-order valence-corrected chi connectivity index (χ1v) is 9.32. The Morgan fingerprint density at radius 1 is 1.26 bits per heavy atom. The van der Waals surface area contributed by atoms with Crippen molar-refractivity contribution >= 4 is 15.9 Å². The molecule has 1 amide bonds. The fourth-order valence-electron chi connectivity index (χ4n) is 3.55. The summed E-state index contributed by atoms with van der Waals surface area (Å²) >= 11 is 0. The average molecular weight is 338 g/mol. The lowest BCUT2D eigenvalue weighted by Crippen LogP contribution is -2.34. The lowest BCUT2D eigenvalue weighted by atomic mass is 10.0. The molecule has 2 fully saturated rings. The summed E-state index contributed by atoms with van der Waals surface area (Å²) in [5.41, 5.74) is 0.580. The number of carbonyl (C=O) groups excluding carboxylic acids is 1. The van der Waals surface area contributed by atoms with Gasteiger partial charge in [0.1, 0.15) is 5.75 Å². The lowest BCUT2D eigenvalue weighted by molar-refractivity contribution is 0.0759. The molecule has 0 unspecified atom stereocenters. The zero-order chi connectivity index (χ0) is 16.6. The van der Waals surface area contributed by atoms with Crippen LogP contribution in [-0.2, 0) is 10.0 Å². The number of ether oxygens (including phenoxy) is 1. The van der Waals surface area contributed by atoms with Gasteiger partial charge in [0.25, 0.3) is 5.91 Å². The number of likely N-dealkylation sites (tertiary alicyclic amines) is 1. The first-order valence-electron chi connectivity index (χ1n) is 7.82. The Hall–Kier alpha value is -1.60. The van der Waals surface area contributed by atoms with E-state index in [0.717, 1.165) is 6.42 Å². The molecule has 0 radical (unpaired) electrons. The molecular formula is C16H22N2O4S. The van der Waals surface area contributed by atoms with Crippen molar-refractivity contribution in [2.75, 3.05) is 33.8 Å². The van der Waals surface area contributed by atoms with Crippen LogP contribution in [0.25, 0.3) is 0 Å². The number of hydrogen-bond donors (Lipinski definition) is 0. The molecule has 2 aliphatic rings. The van der Waals surface area contributed by atoms with Crippen LogP contribution in [0.4, 0.5) is 0 Å². The molecule has 1 aromatic rings. The molecule has 2 saturated heterocycles. The highest BCUT2D eigenvalue weighted by atomic mass is 32.2. The number of sulfonamides is 1. The SMILES string of the molecule is COc1cccc(C(=O)N2CC[C@H]3CN(C)S(=O)(=O)[C@H]3CC2)c1. The maximum absolute atomic E-state index is 12.7.